The fraction of sp³-hybridized carbons (Fsp3) is 0.588. The molecule has 1 aromatic carbocycles. The maximum atomic E-state index is 11.7. The lowest BCUT2D eigenvalue weighted by Crippen LogP contribution is -2.55. The molecule has 0 bridgehead atoms. The number of rotatable bonds is 5. The van der Waals surface area contributed by atoms with Crippen LogP contribution in [0.5, 0.6) is 11.5 Å². The Bertz CT molecular complexity index is 659. The van der Waals surface area contributed by atoms with Crippen molar-refractivity contribution in [1.29, 1.82) is 0 Å². The fourth-order valence-corrected chi connectivity index (χ4v) is 3.87. The maximum Gasteiger partial charge on any atom is 0.522 e. The molecule has 134 valence electrons. The predicted octanol–water partition coefficient (Wildman–Crippen LogP) is 0.473. The highest BCUT2D eigenvalue weighted by Crippen LogP contribution is 2.37. The van der Waals surface area contributed by atoms with Gasteiger partial charge in [0.05, 0.1) is 0 Å². The largest absolute Gasteiger partial charge is 0.535 e. The molecule has 1 atom stereocenters. The minimum absolute atomic E-state index is 0.000902. The number of carboxylic acid groups (broad SMARTS) is 1. The van der Waals surface area contributed by atoms with E-state index in [0.29, 0.717) is 24.4 Å². The zero-order valence-electron chi connectivity index (χ0n) is 14.1. The van der Waals surface area contributed by atoms with Crippen LogP contribution in [0.25, 0.3) is 0 Å². The van der Waals surface area contributed by atoms with Crippen molar-refractivity contribution in [2.24, 2.45) is 5.92 Å². The molecule has 0 amide bonds. The molecule has 8 heteroatoms. The van der Waals surface area contributed by atoms with E-state index in [9.17, 15) is 14.9 Å². The summed E-state index contributed by atoms with van der Waals surface area (Å²) in [6, 6.07) is 3.55. The van der Waals surface area contributed by atoms with E-state index in [1.54, 1.807) is 6.07 Å². The Labute approximate surface area is 147 Å². The van der Waals surface area contributed by atoms with Gasteiger partial charge in [0.2, 0.25) is 0 Å². The summed E-state index contributed by atoms with van der Waals surface area (Å²) >= 11 is 0. The molecule has 7 nitrogen and oxygen atoms in total. The van der Waals surface area contributed by atoms with Crippen LogP contribution in [-0.4, -0.2) is 66.9 Å². The number of fused-ring (bicyclic) bond motifs is 1. The van der Waals surface area contributed by atoms with Crippen molar-refractivity contribution in [3.8, 4) is 11.5 Å². The second kappa shape index (κ2) is 6.86. The summed E-state index contributed by atoms with van der Waals surface area (Å²) < 4.78 is 11.3. The number of hydrogen-bond donors (Lipinski definition) is 3. The quantitative estimate of drug-likeness (QED) is 0.668. The average molecular weight is 346 g/mol. The number of ether oxygens (including phenoxy) is 1. The van der Waals surface area contributed by atoms with Gasteiger partial charge in [0.15, 0.2) is 0 Å². The van der Waals surface area contributed by atoms with Crippen molar-refractivity contribution in [3.05, 3.63) is 23.3 Å². The normalized spacial score (nSPS) is 23.7. The number of carbonyl (C=O) groups is 1. The molecule has 0 aromatic heterocycles. The zero-order valence-corrected chi connectivity index (χ0v) is 14.1. The summed E-state index contributed by atoms with van der Waals surface area (Å²) in [5, 5.41) is 22.7. The van der Waals surface area contributed by atoms with Gasteiger partial charge < -0.3 is 24.8 Å². The molecule has 25 heavy (non-hydrogen) atoms. The number of benzene rings is 1. The van der Waals surface area contributed by atoms with Gasteiger partial charge in [0.1, 0.15) is 23.2 Å². The van der Waals surface area contributed by atoms with E-state index in [2.05, 4.69) is 10.2 Å². The van der Waals surface area contributed by atoms with Crippen LogP contribution in [-0.2, 0) is 6.42 Å². The summed E-state index contributed by atoms with van der Waals surface area (Å²) in [4.78, 5) is 14.1. The molecule has 0 radical (unpaired) electrons. The zero-order chi connectivity index (χ0) is 17.4. The second-order valence-electron chi connectivity index (χ2n) is 7.16. The summed E-state index contributed by atoms with van der Waals surface area (Å²) in [7, 11) is -0.958. The van der Waals surface area contributed by atoms with Gasteiger partial charge in [-0.2, -0.15) is 0 Å². The van der Waals surface area contributed by atoms with Crippen molar-refractivity contribution < 1.29 is 24.3 Å². The minimum atomic E-state index is -1.09. The van der Waals surface area contributed by atoms with Crippen molar-refractivity contribution in [3.63, 3.8) is 0 Å². The lowest BCUT2D eigenvalue weighted by molar-refractivity contribution is 0.0108. The van der Waals surface area contributed by atoms with Crippen LogP contribution in [0.15, 0.2) is 12.1 Å². The van der Waals surface area contributed by atoms with Gasteiger partial charge in [-0.15, -0.1) is 0 Å². The molecule has 4 rings (SSSR count). The minimum Gasteiger partial charge on any atom is -0.535 e. The lowest BCUT2D eigenvalue weighted by atomic mass is 9.78. The number of carboxylic acids is 1. The van der Waals surface area contributed by atoms with Crippen molar-refractivity contribution in [2.75, 3.05) is 32.7 Å². The highest BCUT2D eigenvalue weighted by Gasteiger charge is 2.34. The van der Waals surface area contributed by atoms with E-state index in [1.807, 2.05) is 6.07 Å². The third-order valence-corrected chi connectivity index (χ3v) is 5.23. The summed E-state index contributed by atoms with van der Waals surface area (Å²) in [6.45, 7) is 4.88. The third-order valence-electron chi connectivity index (χ3n) is 5.23. The van der Waals surface area contributed by atoms with Crippen LogP contribution in [0, 0.1) is 5.92 Å². The van der Waals surface area contributed by atoms with Crippen molar-refractivity contribution >= 4 is 13.1 Å². The van der Waals surface area contributed by atoms with E-state index in [-0.39, 0.29) is 17.4 Å². The van der Waals surface area contributed by atoms with Gasteiger partial charge in [-0.25, -0.2) is 4.79 Å². The van der Waals surface area contributed by atoms with E-state index >= 15 is 0 Å². The fourth-order valence-electron chi connectivity index (χ4n) is 3.87. The molecule has 0 aliphatic carbocycles. The molecule has 1 unspecified atom stereocenters. The Morgan fingerprint density at radius 2 is 2.28 bits per heavy atom. The second-order valence-corrected chi connectivity index (χ2v) is 7.16. The summed E-state index contributed by atoms with van der Waals surface area (Å²) in [6.07, 6.45) is 2.29. The first-order valence-electron chi connectivity index (χ1n) is 8.94. The number of hydrogen-bond acceptors (Lipinski definition) is 6. The van der Waals surface area contributed by atoms with Gasteiger partial charge in [0.25, 0.3) is 0 Å². The third kappa shape index (κ3) is 3.47. The number of likely N-dealkylation sites (tertiary alicyclic amines) is 1. The predicted molar refractivity (Wildman–Crippen MR) is 92.3 cm³/mol. The molecule has 3 aliphatic rings. The summed E-state index contributed by atoms with van der Waals surface area (Å²) in [5.41, 5.74) is 0.828. The van der Waals surface area contributed by atoms with Gasteiger partial charge in [0, 0.05) is 19.6 Å². The highest BCUT2D eigenvalue weighted by atomic mass is 16.5. The monoisotopic (exact) mass is 346 g/mol. The molecule has 3 heterocycles. The molecular weight excluding hydrogens is 323 g/mol. The number of aromatic carboxylic acids is 1. The van der Waals surface area contributed by atoms with Crippen molar-refractivity contribution in [2.45, 2.75) is 25.3 Å². The number of aryl methyl sites for hydroxylation is 1. The Balaban J connectivity index is 1.42. The number of nitrogens with zero attached hydrogens (tertiary/aromatic N) is 1. The van der Waals surface area contributed by atoms with Crippen LogP contribution < -0.4 is 14.7 Å². The first-order chi connectivity index (χ1) is 12.1. The van der Waals surface area contributed by atoms with Crippen LogP contribution >= 0.6 is 0 Å². The van der Waals surface area contributed by atoms with Gasteiger partial charge in [-0.3, -0.25) is 4.90 Å². The molecule has 0 spiro atoms. The standard InChI is InChI=1S/C17H23BN2O5/c21-17(22)15-14(2-1-12-3-5-18(23)25-16(12)15)24-13-9-20(10-13)8-11-4-6-19-7-11/h1-2,11,13,19,23H,3-10H2,(H,21,22). The van der Waals surface area contributed by atoms with Crippen LogP contribution in [0.2, 0.25) is 6.32 Å². The smallest absolute Gasteiger partial charge is 0.522 e. The summed E-state index contributed by atoms with van der Waals surface area (Å²) in [5.74, 6) is 0.188. The Morgan fingerprint density at radius 3 is 3.00 bits per heavy atom. The topological polar surface area (TPSA) is 91.3 Å². The van der Waals surface area contributed by atoms with E-state index in [4.69, 9.17) is 9.39 Å². The molecule has 2 saturated heterocycles. The maximum absolute atomic E-state index is 11.7. The van der Waals surface area contributed by atoms with Gasteiger partial charge in [-0.05, 0) is 49.8 Å². The van der Waals surface area contributed by atoms with Gasteiger partial charge >= 0.3 is 13.1 Å². The van der Waals surface area contributed by atoms with E-state index < -0.39 is 13.1 Å². The average Bonchev–Trinajstić information content (AvgIpc) is 3.05. The Morgan fingerprint density at radius 1 is 1.44 bits per heavy atom. The molecule has 0 saturated carbocycles. The lowest BCUT2D eigenvalue weighted by Gasteiger charge is -2.40. The highest BCUT2D eigenvalue weighted by molar-refractivity contribution is 6.44. The van der Waals surface area contributed by atoms with Crippen LogP contribution in [0.1, 0.15) is 22.3 Å². The first kappa shape index (κ1) is 16.7. The molecule has 3 aliphatic heterocycles. The molecular formula is C17H23BN2O5. The SMILES string of the molecule is O=C(O)c1c(OC2CN(CC3CCNC3)C2)ccc2c1OB(O)CC2. The molecule has 3 N–H and O–H groups in total. The molecule has 1 aromatic rings. The number of nitrogens with one attached hydrogen (secondary N) is 1. The van der Waals surface area contributed by atoms with E-state index in [0.717, 1.165) is 38.3 Å². The first-order valence-corrected chi connectivity index (χ1v) is 8.94. The molecule has 2 fully saturated rings. The Kier molecular flexibility index (Phi) is 4.58. The van der Waals surface area contributed by atoms with Crippen molar-refractivity contribution in [1.82, 2.24) is 10.2 Å². The van der Waals surface area contributed by atoms with Crippen LogP contribution in [0.4, 0.5) is 0 Å². The van der Waals surface area contributed by atoms with E-state index in [1.165, 1.54) is 6.42 Å². The van der Waals surface area contributed by atoms with Crippen LogP contribution in [0.3, 0.4) is 0 Å². The Hall–Kier alpha value is -1.77. The van der Waals surface area contributed by atoms with Gasteiger partial charge in [-0.1, -0.05) is 6.07 Å².